The van der Waals surface area contributed by atoms with Crippen molar-refractivity contribution in [2.45, 2.75) is 26.2 Å². The molecule has 0 saturated carbocycles. The second kappa shape index (κ2) is 4.47. The summed E-state index contributed by atoms with van der Waals surface area (Å²) in [7, 11) is 1.23. The highest BCUT2D eigenvalue weighted by atomic mass is 19.1. The van der Waals surface area contributed by atoms with Crippen LogP contribution in [0, 0.1) is 5.82 Å². The molecule has 0 aliphatic heterocycles. The number of nitrogens with one attached hydrogen (secondary N) is 1. The number of rotatable bonds is 1. The van der Waals surface area contributed by atoms with Crippen molar-refractivity contribution >= 4 is 11.8 Å². The molecule has 0 aromatic carbocycles. The number of ether oxygens (including phenoxy) is 1. The maximum atomic E-state index is 13.5. The van der Waals surface area contributed by atoms with Gasteiger partial charge < -0.3 is 4.74 Å². The predicted molar refractivity (Wildman–Crippen MR) is 58.9 cm³/mol. The monoisotopic (exact) mass is 226 g/mol. The van der Waals surface area contributed by atoms with E-state index in [0.717, 1.165) is 6.20 Å². The maximum Gasteiger partial charge on any atom is 0.411 e. The fourth-order valence-corrected chi connectivity index (χ4v) is 1.28. The summed E-state index contributed by atoms with van der Waals surface area (Å²) in [5.41, 5.74) is 0.429. The molecule has 16 heavy (non-hydrogen) atoms. The lowest BCUT2D eigenvalue weighted by Gasteiger charge is -2.22. The van der Waals surface area contributed by atoms with E-state index in [0.29, 0.717) is 5.56 Å². The van der Waals surface area contributed by atoms with Crippen molar-refractivity contribution in [2.24, 2.45) is 0 Å². The Morgan fingerprint density at radius 3 is 2.56 bits per heavy atom. The van der Waals surface area contributed by atoms with Crippen molar-refractivity contribution < 1.29 is 13.9 Å². The minimum Gasteiger partial charge on any atom is -0.453 e. The number of hydrogen-bond acceptors (Lipinski definition) is 3. The number of amides is 1. The van der Waals surface area contributed by atoms with Gasteiger partial charge in [-0.05, 0) is 5.41 Å². The summed E-state index contributed by atoms with van der Waals surface area (Å²) >= 11 is 0. The summed E-state index contributed by atoms with van der Waals surface area (Å²) in [6.07, 6.45) is 1.89. The van der Waals surface area contributed by atoms with Crippen LogP contribution in [0.1, 0.15) is 26.3 Å². The average Bonchev–Trinajstić information content (AvgIpc) is 2.19. The summed E-state index contributed by atoms with van der Waals surface area (Å²) < 4.78 is 18.0. The first kappa shape index (κ1) is 12.4. The Bertz CT molecular complexity index is 399. The van der Waals surface area contributed by atoms with E-state index >= 15 is 0 Å². The number of halogens is 1. The first-order valence-electron chi connectivity index (χ1n) is 4.85. The molecule has 0 spiro atoms. The predicted octanol–water partition coefficient (Wildman–Crippen LogP) is 2.70. The zero-order chi connectivity index (χ0) is 12.3. The highest BCUT2D eigenvalue weighted by Gasteiger charge is 2.22. The lowest BCUT2D eigenvalue weighted by atomic mass is 9.87. The van der Waals surface area contributed by atoms with Gasteiger partial charge in [0.1, 0.15) is 0 Å². The summed E-state index contributed by atoms with van der Waals surface area (Å²) in [5.74, 6) is -0.571. The fraction of sp³-hybridized carbons (Fsp3) is 0.455. The third-order valence-electron chi connectivity index (χ3n) is 2.12. The van der Waals surface area contributed by atoms with Gasteiger partial charge >= 0.3 is 6.09 Å². The first-order valence-corrected chi connectivity index (χ1v) is 4.85. The van der Waals surface area contributed by atoms with Gasteiger partial charge in [0.05, 0.1) is 19.0 Å². The van der Waals surface area contributed by atoms with Crippen LogP contribution in [0.5, 0.6) is 0 Å². The number of anilines is 1. The highest BCUT2D eigenvalue weighted by Crippen LogP contribution is 2.30. The van der Waals surface area contributed by atoms with E-state index in [1.807, 2.05) is 20.8 Å². The lowest BCUT2D eigenvalue weighted by molar-refractivity contribution is 0.186. The molecule has 5 heteroatoms. The molecule has 1 N–H and O–H groups in total. The molecule has 1 rings (SSSR count). The SMILES string of the molecule is COC(=O)Nc1c(F)cncc1C(C)(C)C. The second-order valence-corrected chi connectivity index (χ2v) is 4.41. The van der Waals surface area contributed by atoms with Gasteiger partial charge in [0, 0.05) is 11.8 Å². The second-order valence-electron chi connectivity index (χ2n) is 4.41. The van der Waals surface area contributed by atoms with E-state index in [-0.39, 0.29) is 11.1 Å². The number of carbonyl (C=O) groups is 1. The number of carbonyl (C=O) groups excluding carboxylic acids is 1. The number of nitrogens with zero attached hydrogens (tertiary/aromatic N) is 1. The van der Waals surface area contributed by atoms with Crippen LogP contribution in [0.25, 0.3) is 0 Å². The van der Waals surface area contributed by atoms with Crippen LogP contribution in [0.15, 0.2) is 12.4 Å². The molecular formula is C11H15FN2O2. The van der Waals surface area contributed by atoms with Crippen molar-refractivity contribution in [3.63, 3.8) is 0 Å². The number of hydrogen-bond donors (Lipinski definition) is 1. The lowest BCUT2D eigenvalue weighted by Crippen LogP contribution is -2.20. The Morgan fingerprint density at radius 1 is 1.44 bits per heavy atom. The van der Waals surface area contributed by atoms with Gasteiger partial charge in [0.25, 0.3) is 0 Å². The molecule has 0 atom stereocenters. The molecular weight excluding hydrogens is 211 g/mol. The van der Waals surface area contributed by atoms with Crippen LogP contribution in [-0.4, -0.2) is 18.2 Å². The summed E-state index contributed by atoms with van der Waals surface area (Å²) in [5, 5.41) is 2.36. The zero-order valence-electron chi connectivity index (χ0n) is 9.80. The quantitative estimate of drug-likeness (QED) is 0.801. The van der Waals surface area contributed by atoms with E-state index in [2.05, 4.69) is 15.0 Å². The first-order chi connectivity index (χ1) is 7.36. The molecule has 1 amide bonds. The molecule has 0 aliphatic carbocycles. The smallest absolute Gasteiger partial charge is 0.411 e. The molecule has 0 unspecified atom stereocenters. The average molecular weight is 226 g/mol. The normalized spacial score (nSPS) is 11.1. The van der Waals surface area contributed by atoms with Gasteiger partial charge in [-0.25, -0.2) is 9.18 Å². The van der Waals surface area contributed by atoms with Crippen molar-refractivity contribution in [2.75, 3.05) is 12.4 Å². The minimum absolute atomic E-state index is 0.120. The van der Waals surface area contributed by atoms with Crippen LogP contribution in [-0.2, 0) is 10.2 Å². The van der Waals surface area contributed by atoms with Gasteiger partial charge in [0.2, 0.25) is 0 Å². The summed E-state index contributed by atoms with van der Waals surface area (Å²) in [4.78, 5) is 14.9. The molecule has 0 fully saturated rings. The number of methoxy groups -OCH3 is 1. The van der Waals surface area contributed by atoms with Crippen molar-refractivity contribution in [3.8, 4) is 0 Å². The van der Waals surface area contributed by atoms with Crippen molar-refractivity contribution in [1.29, 1.82) is 0 Å². The van der Waals surface area contributed by atoms with E-state index < -0.39 is 11.9 Å². The fourth-order valence-electron chi connectivity index (χ4n) is 1.28. The molecule has 88 valence electrons. The molecule has 0 saturated heterocycles. The maximum absolute atomic E-state index is 13.5. The van der Waals surface area contributed by atoms with Crippen molar-refractivity contribution in [3.05, 3.63) is 23.8 Å². The van der Waals surface area contributed by atoms with Crippen LogP contribution >= 0.6 is 0 Å². The molecule has 1 heterocycles. The van der Waals surface area contributed by atoms with Gasteiger partial charge in [-0.15, -0.1) is 0 Å². The third-order valence-corrected chi connectivity index (χ3v) is 2.12. The standard InChI is InChI=1S/C11H15FN2O2/c1-11(2,3)7-5-13-6-8(12)9(7)14-10(15)16-4/h5-6H,1-4H3,(H,13,14,15). The topological polar surface area (TPSA) is 51.2 Å². The Hall–Kier alpha value is -1.65. The van der Waals surface area contributed by atoms with Gasteiger partial charge in [-0.2, -0.15) is 0 Å². The van der Waals surface area contributed by atoms with Crippen LogP contribution < -0.4 is 5.32 Å². The van der Waals surface area contributed by atoms with Gasteiger partial charge in [-0.3, -0.25) is 10.3 Å². The molecule has 4 nitrogen and oxygen atoms in total. The Kier molecular flexibility index (Phi) is 3.47. The summed E-state index contributed by atoms with van der Waals surface area (Å²) in [6.45, 7) is 5.73. The molecule has 1 aromatic rings. The third kappa shape index (κ3) is 2.68. The van der Waals surface area contributed by atoms with Crippen molar-refractivity contribution in [1.82, 2.24) is 4.98 Å². The highest BCUT2D eigenvalue weighted by molar-refractivity contribution is 5.85. The van der Waals surface area contributed by atoms with Crippen LogP contribution in [0.3, 0.4) is 0 Å². The molecule has 0 radical (unpaired) electrons. The van der Waals surface area contributed by atoms with E-state index in [4.69, 9.17) is 0 Å². The Labute approximate surface area is 93.8 Å². The number of pyridine rings is 1. The van der Waals surface area contributed by atoms with Crippen LogP contribution in [0.4, 0.5) is 14.9 Å². The minimum atomic E-state index is -0.699. The Morgan fingerprint density at radius 2 is 2.06 bits per heavy atom. The molecule has 0 bridgehead atoms. The largest absolute Gasteiger partial charge is 0.453 e. The van der Waals surface area contributed by atoms with Crippen LogP contribution in [0.2, 0.25) is 0 Å². The zero-order valence-corrected chi connectivity index (χ0v) is 9.80. The van der Waals surface area contributed by atoms with Gasteiger partial charge in [0.15, 0.2) is 5.82 Å². The number of aromatic nitrogens is 1. The summed E-state index contributed by atoms with van der Waals surface area (Å²) in [6, 6.07) is 0. The molecule has 1 aromatic heterocycles. The molecule has 0 aliphatic rings. The van der Waals surface area contributed by atoms with E-state index in [1.165, 1.54) is 13.3 Å². The van der Waals surface area contributed by atoms with E-state index in [1.54, 1.807) is 0 Å². The Balaban J connectivity index is 3.19. The van der Waals surface area contributed by atoms with Gasteiger partial charge in [-0.1, -0.05) is 20.8 Å². The van der Waals surface area contributed by atoms with E-state index in [9.17, 15) is 9.18 Å².